The summed E-state index contributed by atoms with van der Waals surface area (Å²) in [5.74, 6) is 0.102. The summed E-state index contributed by atoms with van der Waals surface area (Å²) in [6.07, 6.45) is 0.772. The first-order chi connectivity index (χ1) is 9.65. The van der Waals surface area contributed by atoms with Gasteiger partial charge in [-0.3, -0.25) is 4.79 Å². The molecule has 5 heteroatoms. The molecule has 0 aromatic heterocycles. The highest BCUT2D eigenvalue weighted by Crippen LogP contribution is 2.20. The predicted octanol–water partition coefficient (Wildman–Crippen LogP) is 3.20. The quantitative estimate of drug-likeness (QED) is 0.531. The SMILES string of the molecule is CCOC(CCSc1ccc(CC(=O)O)cc1)OCC. The molecule has 20 heavy (non-hydrogen) atoms. The smallest absolute Gasteiger partial charge is 0.307 e. The lowest BCUT2D eigenvalue weighted by Crippen LogP contribution is -2.18. The summed E-state index contributed by atoms with van der Waals surface area (Å²) in [6.45, 7) is 5.22. The van der Waals surface area contributed by atoms with Gasteiger partial charge < -0.3 is 14.6 Å². The Balaban J connectivity index is 2.35. The summed E-state index contributed by atoms with van der Waals surface area (Å²) in [6, 6.07) is 7.64. The zero-order valence-electron chi connectivity index (χ0n) is 12.0. The molecule has 0 saturated heterocycles. The van der Waals surface area contributed by atoms with Gasteiger partial charge in [-0.2, -0.15) is 0 Å². The molecule has 1 rings (SSSR count). The summed E-state index contributed by atoms with van der Waals surface area (Å²) in [5, 5.41) is 8.71. The van der Waals surface area contributed by atoms with E-state index in [9.17, 15) is 4.79 Å². The number of ether oxygens (including phenoxy) is 2. The normalized spacial score (nSPS) is 10.9. The average molecular weight is 298 g/mol. The number of carboxylic acid groups (broad SMARTS) is 1. The Bertz CT molecular complexity index is 385. The van der Waals surface area contributed by atoms with Crippen LogP contribution in [-0.2, 0) is 20.7 Å². The van der Waals surface area contributed by atoms with Gasteiger partial charge in [0.25, 0.3) is 0 Å². The van der Waals surface area contributed by atoms with Crippen molar-refractivity contribution >= 4 is 17.7 Å². The summed E-state index contributed by atoms with van der Waals surface area (Å²) < 4.78 is 11.0. The highest BCUT2D eigenvalue weighted by Gasteiger charge is 2.08. The van der Waals surface area contributed by atoms with E-state index in [1.54, 1.807) is 11.8 Å². The van der Waals surface area contributed by atoms with Gasteiger partial charge in [0.1, 0.15) is 0 Å². The lowest BCUT2D eigenvalue weighted by Gasteiger charge is -2.16. The second-order valence-corrected chi connectivity index (χ2v) is 5.36. The van der Waals surface area contributed by atoms with Gasteiger partial charge in [0.15, 0.2) is 6.29 Å². The number of hydrogen-bond acceptors (Lipinski definition) is 4. The lowest BCUT2D eigenvalue weighted by molar-refractivity contribution is -0.136. The van der Waals surface area contributed by atoms with Crippen LogP contribution in [0.3, 0.4) is 0 Å². The first-order valence-corrected chi connectivity index (χ1v) is 7.81. The molecule has 4 nitrogen and oxygen atoms in total. The monoisotopic (exact) mass is 298 g/mol. The van der Waals surface area contributed by atoms with E-state index >= 15 is 0 Å². The molecule has 0 bridgehead atoms. The van der Waals surface area contributed by atoms with Crippen molar-refractivity contribution in [2.24, 2.45) is 0 Å². The Morgan fingerprint density at radius 3 is 2.30 bits per heavy atom. The van der Waals surface area contributed by atoms with E-state index in [0.717, 1.165) is 22.6 Å². The van der Waals surface area contributed by atoms with Crippen molar-refractivity contribution in [2.75, 3.05) is 19.0 Å². The van der Waals surface area contributed by atoms with Crippen molar-refractivity contribution in [3.63, 3.8) is 0 Å². The molecule has 112 valence electrons. The fourth-order valence-corrected chi connectivity index (χ4v) is 2.61. The minimum atomic E-state index is -0.804. The van der Waals surface area contributed by atoms with Gasteiger partial charge in [0.05, 0.1) is 6.42 Å². The minimum absolute atomic E-state index is 0.0711. The van der Waals surface area contributed by atoms with E-state index < -0.39 is 5.97 Å². The molecule has 1 aromatic rings. The van der Waals surface area contributed by atoms with Crippen LogP contribution < -0.4 is 0 Å². The van der Waals surface area contributed by atoms with Crippen LogP contribution >= 0.6 is 11.8 Å². The molecule has 0 aliphatic carbocycles. The summed E-state index contributed by atoms with van der Waals surface area (Å²) in [5.41, 5.74) is 0.823. The van der Waals surface area contributed by atoms with E-state index in [2.05, 4.69) is 0 Å². The van der Waals surface area contributed by atoms with Gasteiger partial charge in [-0.1, -0.05) is 12.1 Å². The maximum absolute atomic E-state index is 10.6. The van der Waals surface area contributed by atoms with Gasteiger partial charge >= 0.3 is 5.97 Å². The van der Waals surface area contributed by atoms with Crippen molar-refractivity contribution < 1.29 is 19.4 Å². The van der Waals surface area contributed by atoms with Gasteiger partial charge in [0, 0.05) is 30.3 Å². The Morgan fingerprint density at radius 1 is 1.20 bits per heavy atom. The van der Waals surface area contributed by atoms with E-state index in [1.165, 1.54) is 0 Å². The molecule has 0 atom stereocenters. The lowest BCUT2D eigenvalue weighted by atomic mass is 10.2. The fourth-order valence-electron chi connectivity index (χ4n) is 1.74. The van der Waals surface area contributed by atoms with Gasteiger partial charge in [-0.05, 0) is 31.5 Å². The standard InChI is InChI=1S/C15H22O4S/c1-3-18-15(19-4-2)9-10-20-13-7-5-12(6-8-13)11-14(16)17/h5-8,15H,3-4,9-11H2,1-2H3,(H,16,17). The molecular weight excluding hydrogens is 276 g/mol. The van der Waals surface area contributed by atoms with E-state index in [-0.39, 0.29) is 12.7 Å². The van der Waals surface area contributed by atoms with Crippen LogP contribution in [0.4, 0.5) is 0 Å². The molecule has 0 spiro atoms. The van der Waals surface area contributed by atoms with Crippen LogP contribution in [0.5, 0.6) is 0 Å². The van der Waals surface area contributed by atoms with Crippen molar-refractivity contribution in [1.82, 2.24) is 0 Å². The van der Waals surface area contributed by atoms with Crippen molar-refractivity contribution in [1.29, 1.82) is 0 Å². The van der Waals surface area contributed by atoms with Crippen molar-refractivity contribution in [3.05, 3.63) is 29.8 Å². The second kappa shape index (κ2) is 9.80. The zero-order valence-corrected chi connectivity index (χ0v) is 12.8. The van der Waals surface area contributed by atoms with Crippen LogP contribution in [0.15, 0.2) is 29.2 Å². The average Bonchev–Trinajstić information content (AvgIpc) is 2.40. The molecule has 0 saturated carbocycles. The van der Waals surface area contributed by atoms with Crippen LogP contribution in [0.1, 0.15) is 25.8 Å². The van der Waals surface area contributed by atoms with Crippen molar-refractivity contribution in [2.45, 2.75) is 37.9 Å². The van der Waals surface area contributed by atoms with Gasteiger partial charge in [0.2, 0.25) is 0 Å². The number of rotatable bonds is 10. The number of carboxylic acids is 1. The van der Waals surface area contributed by atoms with Crippen molar-refractivity contribution in [3.8, 4) is 0 Å². The Morgan fingerprint density at radius 2 is 1.80 bits per heavy atom. The highest BCUT2D eigenvalue weighted by atomic mass is 32.2. The summed E-state index contributed by atoms with van der Waals surface area (Å²) in [7, 11) is 0. The molecule has 0 aliphatic rings. The first kappa shape index (κ1) is 17.0. The zero-order chi connectivity index (χ0) is 14.8. The minimum Gasteiger partial charge on any atom is -0.481 e. The van der Waals surface area contributed by atoms with E-state index in [1.807, 2.05) is 38.1 Å². The molecule has 0 radical (unpaired) electrons. The Kier molecular flexibility index (Phi) is 8.34. The fraction of sp³-hybridized carbons (Fsp3) is 0.533. The largest absolute Gasteiger partial charge is 0.481 e. The third-order valence-corrected chi connectivity index (χ3v) is 3.65. The Hall–Kier alpha value is -1.04. The maximum Gasteiger partial charge on any atom is 0.307 e. The third-order valence-electron chi connectivity index (χ3n) is 2.61. The molecule has 0 unspecified atom stereocenters. The second-order valence-electron chi connectivity index (χ2n) is 4.19. The molecule has 0 fully saturated rings. The molecule has 0 heterocycles. The molecule has 1 N–H and O–H groups in total. The van der Waals surface area contributed by atoms with Gasteiger partial charge in [-0.25, -0.2) is 0 Å². The van der Waals surface area contributed by atoms with E-state index in [4.69, 9.17) is 14.6 Å². The number of benzene rings is 1. The molecule has 0 aliphatic heterocycles. The highest BCUT2D eigenvalue weighted by molar-refractivity contribution is 7.99. The maximum atomic E-state index is 10.6. The first-order valence-electron chi connectivity index (χ1n) is 6.82. The number of aliphatic carboxylic acids is 1. The van der Waals surface area contributed by atoms with Crippen LogP contribution in [0, 0.1) is 0 Å². The summed E-state index contributed by atoms with van der Waals surface area (Å²) >= 11 is 1.72. The number of carbonyl (C=O) groups is 1. The predicted molar refractivity (Wildman–Crippen MR) is 80.2 cm³/mol. The van der Waals surface area contributed by atoms with Crippen LogP contribution in [0.2, 0.25) is 0 Å². The van der Waals surface area contributed by atoms with Crippen LogP contribution in [-0.4, -0.2) is 36.3 Å². The van der Waals surface area contributed by atoms with Crippen LogP contribution in [0.25, 0.3) is 0 Å². The molecule has 0 amide bonds. The Labute approximate surface area is 124 Å². The summed E-state index contributed by atoms with van der Waals surface area (Å²) in [4.78, 5) is 11.7. The topological polar surface area (TPSA) is 55.8 Å². The molecular formula is C15H22O4S. The number of hydrogen-bond donors (Lipinski definition) is 1. The molecule has 1 aromatic carbocycles. The van der Waals surface area contributed by atoms with Gasteiger partial charge in [-0.15, -0.1) is 11.8 Å². The van der Waals surface area contributed by atoms with E-state index in [0.29, 0.717) is 13.2 Å². The number of thioether (sulfide) groups is 1. The third kappa shape index (κ3) is 6.93.